The molecule has 0 saturated heterocycles. The fourth-order valence-electron chi connectivity index (χ4n) is 0.774. The average Bonchev–Trinajstić information content (AvgIpc) is 2.15. The van der Waals surface area contributed by atoms with Crippen LogP contribution in [0.25, 0.3) is 6.08 Å². The predicted molar refractivity (Wildman–Crippen MR) is 48.7 cm³/mol. The van der Waals surface area contributed by atoms with Crippen molar-refractivity contribution in [1.29, 1.82) is 5.26 Å². The van der Waals surface area contributed by atoms with Crippen LogP contribution in [0.5, 0.6) is 0 Å². The number of rotatable bonds is 2. The van der Waals surface area contributed by atoms with Crippen LogP contribution in [0.3, 0.4) is 0 Å². The van der Waals surface area contributed by atoms with Crippen LogP contribution in [0, 0.1) is 11.3 Å². The highest BCUT2D eigenvalue weighted by atomic mass is 35.5. The third-order valence-corrected chi connectivity index (χ3v) is 1.47. The zero-order valence-corrected chi connectivity index (χ0v) is 7.12. The first-order valence-corrected chi connectivity index (χ1v) is 3.99. The molecule has 0 unspecified atom stereocenters. The summed E-state index contributed by atoms with van der Waals surface area (Å²) in [6.07, 6.45) is 5.17. The van der Waals surface area contributed by atoms with Gasteiger partial charge in [-0.2, -0.15) is 5.26 Å². The topological polar surface area (TPSA) is 36.7 Å². The number of nitriles is 1. The molecule has 2 nitrogen and oxygen atoms in total. The van der Waals surface area contributed by atoms with Gasteiger partial charge in [0.1, 0.15) is 0 Å². The molecule has 12 heavy (non-hydrogen) atoms. The van der Waals surface area contributed by atoms with Crippen LogP contribution in [-0.2, 0) is 0 Å². The highest BCUT2D eigenvalue weighted by molar-refractivity contribution is 6.19. The van der Waals surface area contributed by atoms with Crippen LogP contribution in [0.4, 0.5) is 0 Å². The van der Waals surface area contributed by atoms with Gasteiger partial charge in [0.05, 0.1) is 17.3 Å². The second kappa shape index (κ2) is 4.53. The Balaban J connectivity index is 2.88. The fraction of sp³-hybridized carbons (Fsp3) is 0.111. The van der Waals surface area contributed by atoms with Gasteiger partial charge in [0, 0.05) is 12.1 Å². The molecule has 0 aliphatic heterocycles. The third-order valence-electron chi connectivity index (χ3n) is 1.29. The summed E-state index contributed by atoms with van der Waals surface area (Å²) >= 11 is 5.45. The summed E-state index contributed by atoms with van der Waals surface area (Å²) in [5.41, 5.74) is 1.37. The smallest absolute Gasteiger partial charge is 0.0992 e. The first-order valence-electron chi connectivity index (χ1n) is 3.45. The molecule has 3 heteroatoms. The number of aromatic nitrogens is 1. The molecule has 1 rings (SSSR count). The van der Waals surface area contributed by atoms with Crippen LogP contribution in [-0.4, -0.2) is 10.9 Å². The lowest BCUT2D eigenvalue weighted by Crippen LogP contribution is -1.81. The van der Waals surface area contributed by atoms with E-state index in [9.17, 15) is 0 Å². The highest BCUT2D eigenvalue weighted by Gasteiger charge is 1.90. The van der Waals surface area contributed by atoms with E-state index in [4.69, 9.17) is 16.9 Å². The summed E-state index contributed by atoms with van der Waals surface area (Å²) in [6, 6.07) is 5.41. The first-order chi connectivity index (χ1) is 5.86. The summed E-state index contributed by atoms with van der Waals surface area (Å²) in [6.45, 7) is 0. The molecule has 0 N–H and O–H groups in total. The van der Waals surface area contributed by atoms with Gasteiger partial charge in [0.2, 0.25) is 0 Å². The van der Waals surface area contributed by atoms with Gasteiger partial charge in [0.25, 0.3) is 0 Å². The molecule has 0 bridgehead atoms. The van der Waals surface area contributed by atoms with E-state index >= 15 is 0 Å². The van der Waals surface area contributed by atoms with Crippen LogP contribution in [0.15, 0.2) is 24.4 Å². The molecule has 0 aromatic carbocycles. The van der Waals surface area contributed by atoms with Crippen molar-refractivity contribution in [3.63, 3.8) is 0 Å². The summed E-state index contributed by atoms with van der Waals surface area (Å²) in [4.78, 5) is 4.03. The maximum Gasteiger partial charge on any atom is 0.0992 e. The number of hydrogen-bond acceptors (Lipinski definition) is 2. The molecule has 1 aromatic heterocycles. The minimum absolute atomic E-state index is 0.457. The van der Waals surface area contributed by atoms with Crippen molar-refractivity contribution in [2.75, 3.05) is 5.88 Å². The Bertz CT molecular complexity index is 326. The van der Waals surface area contributed by atoms with Crippen LogP contribution < -0.4 is 0 Å². The minimum Gasteiger partial charge on any atom is -0.257 e. The first kappa shape index (κ1) is 8.76. The maximum absolute atomic E-state index is 8.56. The number of pyridine rings is 1. The fourth-order valence-corrected chi connectivity index (χ4v) is 0.863. The van der Waals surface area contributed by atoms with Gasteiger partial charge in [-0.1, -0.05) is 6.08 Å². The van der Waals surface area contributed by atoms with Crippen molar-refractivity contribution in [2.24, 2.45) is 0 Å². The van der Waals surface area contributed by atoms with E-state index in [-0.39, 0.29) is 0 Å². The molecular weight excluding hydrogens is 172 g/mol. The molecule has 0 spiro atoms. The van der Waals surface area contributed by atoms with Gasteiger partial charge in [-0.25, -0.2) is 0 Å². The molecule has 0 amide bonds. The summed E-state index contributed by atoms with van der Waals surface area (Å²) in [5.74, 6) is 0.457. The van der Waals surface area contributed by atoms with Gasteiger partial charge in [-0.05, 0) is 18.2 Å². The second-order valence-corrected chi connectivity index (χ2v) is 2.45. The lowest BCUT2D eigenvalue weighted by Gasteiger charge is -1.91. The van der Waals surface area contributed by atoms with Crippen molar-refractivity contribution in [1.82, 2.24) is 4.98 Å². The molecule has 60 valence electrons. The van der Waals surface area contributed by atoms with E-state index in [0.717, 1.165) is 5.69 Å². The Morgan fingerprint density at radius 2 is 2.50 bits per heavy atom. The second-order valence-electron chi connectivity index (χ2n) is 2.14. The van der Waals surface area contributed by atoms with Crippen molar-refractivity contribution in [3.05, 3.63) is 35.7 Å². The number of hydrogen-bond donors (Lipinski definition) is 0. The number of nitrogens with zero attached hydrogens (tertiary/aromatic N) is 2. The van der Waals surface area contributed by atoms with Gasteiger partial charge in [-0.15, -0.1) is 11.6 Å². The Labute approximate surface area is 76.1 Å². The highest BCUT2D eigenvalue weighted by Crippen LogP contribution is 2.02. The Hall–Kier alpha value is -1.33. The minimum atomic E-state index is 0.457. The van der Waals surface area contributed by atoms with Gasteiger partial charge >= 0.3 is 0 Å². The van der Waals surface area contributed by atoms with Crippen LogP contribution >= 0.6 is 11.6 Å². The van der Waals surface area contributed by atoms with Gasteiger partial charge < -0.3 is 0 Å². The molecule has 1 heterocycles. The lowest BCUT2D eigenvalue weighted by atomic mass is 10.2. The van der Waals surface area contributed by atoms with Crippen LogP contribution in [0.2, 0.25) is 0 Å². The number of alkyl halides is 1. The largest absolute Gasteiger partial charge is 0.257 e. The van der Waals surface area contributed by atoms with E-state index < -0.39 is 0 Å². The normalized spacial score (nSPS) is 10.0. The van der Waals surface area contributed by atoms with E-state index in [1.54, 1.807) is 30.5 Å². The molecule has 0 saturated carbocycles. The molecular formula is C9H7ClN2. The predicted octanol–water partition coefficient (Wildman–Crippen LogP) is 2.21. The summed E-state index contributed by atoms with van der Waals surface area (Å²) in [5, 5.41) is 8.56. The molecule has 0 fully saturated rings. The van der Waals surface area contributed by atoms with Crippen LogP contribution in [0.1, 0.15) is 11.3 Å². The van der Waals surface area contributed by atoms with Crippen molar-refractivity contribution in [3.8, 4) is 6.07 Å². The Morgan fingerprint density at radius 3 is 3.17 bits per heavy atom. The number of halogens is 1. The van der Waals surface area contributed by atoms with E-state index in [2.05, 4.69) is 4.98 Å². The maximum atomic E-state index is 8.56. The third kappa shape index (κ3) is 2.37. The quantitative estimate of drug-likeness (QED) is 0.651. The van der Waals surface area contributed by atoms with Gasteiger partial charge in [0.15, 0.2) is 0 Å². The Kier molecular flexibility index (Phi) is 3.31. The van der Waals surface area contributed by atoms with Crippen molar-refractivity contribution >= 4 is 17.7 Å². The zero-order valence-electron chi connectivity index (χ0n) is 6.37. The number of allylic oxidation sites excluding steroid dienone is 1. The van der Waals surface area contributed by atoms with Crippen molar-refractivity contribution in [2.45, 2.75) is 0 Å². The summed E-state index contributed by atoms with van der Waals surface area (Å²) < 4.78 is 0. The standard InChI is InChI=1S/C9H7ClN2/c10-4-1-2-9-6-8(7-11)3-5-12-9/h1-3,5-6H,4H2. The Morgan fingerprint density at radius 1 is 1.67 bits per heavy atom. The van der Waals surface area contributed by atoms with E-state index in [1.165, 1.54) is 0 Å². The SMILES string of the molecule is N#Cc1ccnc(C=CCCl)c1. The van der Waals surface area contributed by atoms with Gasteiger partial charge in [-0.3, -0.25) is 4.98 Å². The molecule has 0 aliphatic carbocycles. The van der Waals surface area contributed by atoms with Crippen molar-refractivity contribution < 1.29 is 0 Å². The van der Waals surface area contributed by atoms with E-state index in [0.29, 0.717) is 11.4 Å². The van der Waals surface area contributed by atoms with E-state index in [1.807, 2.05) is 6.07 Å². The molecule has 0 aliphatic rings. The zero-order chi connectivity index (χ0) is 8.81. The summed E-state index contributed by atoms with van der Waals surface area (Å²) in [7, 11) is 0. The monoisotopic (exact) mass is 178 g/mol. The molecule has 1 aromatic rings. The average molecular weight is 179 g/mol. The lowest BCUT2D eigenvalue weighted by molar-refractivity contribution is 1.28. The molecule has 0 atom stereocenters. The molecule has 0 radical (unpaired) electrons.